The Hall–Kier alpha value is -1.69. The average Bonchev–Trinajstić information content (AvgIpc) is 2.36. The summed E-state index contributed by atoms with van der Waals surface area (Å²) in [5, 5.41) is 18.0. The van der Waals surface area contributed by atoms with Crippen molar-refractivity contribution in [2.24, 2.45) is 0 Å². The molecule has 2 unspecified atom stereocenters. The molecule has 3 N–H and O–H groups in total. The molecular weight excluding hydrogens is 299 g/mol. The van der Waals surface area contributed by atoms with Gasteiger partial charge in [0, 0.05) is 0 Å². The molecule has 0 bridgehead atoms. The summed E-state index contributed by atoms with van der Waals surface area (Å²) >= 11 is 0. The van der Waals surface area contributed by atoms with Crippen LogP contribution in [0.5, 0.6) is 0 Å². The number of benzene rings is 1. The van der Waals surface area contributed by atoms with Gasteiger partial charge in [0.15, 0.2) is 0 Å². The quantitative estimate of drug-likeness (QED) is 0.661. The van der Waals surface area contributed by atoms with Gasteiger partial charge in [-0.2, -0.15) is 0 Å². The van der Waals surface area contributed by atoms with E-state index >= 15 is 0 Å². The van der Waals surface area contributed by atoms with Gasteiger partial charge >= 0.3 is 19.5 Å². The topological polar surface area (TPSA) is 121 Å². The molecule has 0 fully saturated rings. The zero-order valence-corrected chi connectivity index (χ0v) is 12.5. The lowest BCUT2D eigenvalue weighted by Gasteiger charge is -2.17. The van der Waals surface area contributed by atoms with E-state index in [1.807, 2.05) is 0 Å². The molecule has 0 aromatic heterocycles. The van der Waals surface area contributed by atoms with E-state index in [-0.39, 0.29) is 16.7 Å². The van der Waals surface area contributed by atoms with Crippen molar-refractivity contribution in [3.63, 3.8) is 0 Å². The maximum Gasteiger partial charge on any atom is 0.335 e. The molecule has 0 saturated heterocycles. The second kappa shape index (κ2) is 6.85. The molecule has 0 amide bonds. The summed E-state index contributed by atoms with van der Waals surface area (Å²) in [7, 11) is -4.06. The number of hydrogen-bond donors (Lipinski definition) is 3. The van der Waals surface area contributed by atoms with E-state index in [2.05, 4.69) is 0 Å². The third-order valence-corrected chi connectivity index (χ3v) is 4.30. The summed E-state index contributed by atoms with van der Waals surface area (Å²) in [5.41, 5.74) is -0.419. The number of carboxylic acids is 2. The van der Waals surface area contributed by atoms with E-state index in [0.717, 1.165) is 18.2 Å². The Labute approximate surface area is 121 Å². The van der Waals surface area contributed by atoms with Gasteiger partial charge in [0.25, 0.3) is 0 Å². The molecule has 7 nitrogen and oxygen atoms in total. The summed E-state index contributed by atoms with van der Waals surface area (Å²) in [6.45, 7) is 3.40. The van der Waals surface area contributed by atoms with Crippen LogP contribution in [0.4, 0.5) is 0 Å². The van der Waals surface area contributed by atoms with Crippen LogP contribution in [0, 0.1) is 0 Å². The van der Waals surface area contributed by atoms with Crippen LogP contribution in [0.3, 0.4) is 0 Å². The largest absolute Gasteiger partial charge is 0.478 e. The predicted octanol–water partition coefficient (Wildman–Crippen LogP) is 2.58. The minimum atomic E-state index is -4.06. The third-order valence-electron chi connectivity index (χ3n) is 2.87. The maximum atomic E-state index is 12.0. The maximum absolute atomic E-state index is 12.0. The Balaban J connectivity index is 3.15. The normalized spacial score (nSPS) is 15.2. The van der Waals surface area contributed by atoms with Crippen LogP contribution in [0.15, 0.2) is 18.2 Å². The van der Waals surface area contributed by atoms with Crippen molar-refractivity contribution in [3.8, 4) is 0 Å². The van der Waals surface area contributed by atoms with Crippen LogP contribution in [0.2, 0.25) is 0 Å². The van der Waals surface area contributed by atoms with Gasteiger partial charge in [0.1, 0.15) is 0 Å². The highest BCUT2D eigenvalue weighted by Crippen LogP contribution is 2.47. The van der Waals surface area contributed by atoms with Crippen molar-refractivity contribution in [1.82, 2.24) is 0 Å². The molecule has 2 atom stereocenters. The Morgan fingerprint density at radius 1 is 1.29 bits per heavy atom. The Morgan fingerprint density at radius 2 is 1.90 bits per heavy atom. The Morgan fingerprint density at radius 3 is 2.38 bits per heavy atom. The summed E-state index contributed by atoms with van der Waals surface area (Å²) < 4.78 is 17.0. The van der Waals surface area contributed by atoms with E-state index < -0.39 is 31.8 Å². The molecular formula is C13H17O7P. The number of aromatic carboxylic acids is 2. The van der Waals surface area contributed by atoms with E-state index in [1.165, 1.54) is 0 Å². The van der Waals surface area contributed by atoms with Gasteiger partial charge in [-0.15, -0.1) is 0 Å². The van der Waals surface area contributed by atoms with Crippen LogP contribution >= 0.6 is 7.60 Å². The molecule has 1 aromatic rings. The highest BCUT2D eigenvalue weighted by atomic mass is 31.2. The highest BCUT2D eigenvalue weighted by Gasteiger charge is 2.26. The van der Waals surface area contributed by atoms with Crippen LogP contribution in [0.25, 0.3) is 0 Å². The molecule has 0 heterocycles. The van der Waals surface area contributed by atoms with Gasteiger partial charge in [-0.1, -0.05) is 6.92 Å². The Bertz CT molecular complexity index is 596. The lowest BCUT2D eigenvalue weighted by molar-refractivity contribution is 0.0680. The van der Waals surface area contributed by atoms with Crippen molar-refractivity contribution in [2.45, 2.75) is 32.5 Å². The molecule has 0 aliphatic rings. The zero-order valence-electron chi connectivity index (χ0n) is 11.6. The second-order valence-corrected chi connectivity index (χ2v) is 6.40. The van der Waals surface area contributed by atoms with E-state index in [4.69, 9.17) is 14.7 Å². The number of rotatable bonds is 7. The minimum absolute atomic E-state index is 0.0449. The van der Waals surface area contributed by atoms with E-state index in [9.17, 15) is 19.0 Å². The molecule has 1 rings (SSSR count). The zero-order chi connectivity index (χ0) is 16.2. The number of hydrogen-bond acceptors (Lipinski definition) is 4. The first-order valence-electron chi connectivity index (χ1n) is 6.26. The fraction of sp³-hybridized carbons (Fsp3) is 0.385. The van der Waals surface area contributed by atoms with Crippen molar-refractivity contribution in [1.29, 1.82) is 0 Å². The smallest absolute Gasteiger partial charge is 0.335 e. The van der Waals surface area contributed by atoms with Gasteiger partial charge in [-0.25, -0.2) is 9.59 Å². The first-order chi connectivity index (χ1) is 9.66. The van der Waals surface area contributed by atoms with Crippen LogP contribution in [-0.4, -0.2) is 33.1 Å². The number of carboxylic acid groups (broad SMARTS) is 2. The Kier molecular flexibility index (Phi) is 5.66. The summed E-state index contributed by atoms with van der Waals surface area (Å²) in [6.07, 6.45) is -0.497. The van der Waals surface area contributed by atoms with Crippen molar-refractivity contribution < 1.29 is 33.8 Å². The summed E-state index contributed by atoms with van der Waals surface area (Å²) in [4.78, 5) is 31.8. The molecule has 0 aliphatic carbocycles. The van der Waals surface area contributed by atoms with Gasteiger partial charge in [-0.05, 0) is 37.1 Å². The van der Waals surface area contributed by atoms with Gasteiger partial charge in [-0.3, -0.25) is 4.57 Å². The van der Waals surface area contributed by atoms with Gasteiger partial charge < -0.3 is 19.6 Å². The minimum Gasteiger partial charge on any atom is -0.478 e. The van der Waals surface area contributed by atoms with E-state index in [0.29, 0.717) is 6.42 Å². The van der Waals surface area contributed by atoms with Crippen molar-refractivity contribution in [3.05, 3.63) is 34.9 Å². The third kappa shape index (κ3) is 4.97. The molecule has 0 aliphatic heterocycles. The molecule has 1 aromatic carbocycles. The average molecular weight is 316 g/mol. The highest BCUT2D eigenvalue weighted by molar-refractivity contribution is 7.52. The fourth-order valence-corrected chi connectivity index (χ4v) is 3.15. The SMILES string of the molecule is CCC(C)OP(=O)(O)Cc1cc(C(=O)O)ccc1C(=O)O. The van der Waals surface area contributed by atoms with Crippen molar-refractivity contribution in [2.75, 3.05) is 0 Å². The summed E-state index contributed by atoms with van der Waals surface area (Å²) in [6, 6.07) is 3.31. The molecule has 116 valence electrons. The molecule has 0 saturated carbocycles. The first-order valence-corrected chi connectivity index (χ1v) is 8.02. The van der Waals surface area contributed by atoms with Gasteiger partial charge in [0.2, 0.25) is 0 Å². The fourth-order valence-electron chi connectivity index (χ4n) is 1.67. The molecule has 8 heteroatoms. The molecule has 0 radical (unpaired) electrons. The van der Waals surface area contributed by atoms with Crippen LogP contribution in [0.1, 0.15) is 46.5 Å². The summed E-state index contributed by atoms with van der Waals surface area (Å²) in [5.74, 6) is -2.55. The van der Waals surface area contributed by atoms with Crippen LogP contribution in [-0.2, 0) is 15.3 Å². The molecule has 0 spiro atoms. The van der Waals surface area contributed by atoms with Crippen LogP contribution < -0.4 is 0 Å². The first kappa shape index (κ1) is 17.4. The monoisotopic (exact) mass is 316 g/mol. The van der Waals surface area contributed by atoms with Crippen molar-refractivity contribution >= 4 is 19.5 Å². The predicted molar refractivity (Wildman–Crippen MR) is 74.7 cm³/mol. The second-order valence-electron chi connectivity index (χ2n) is 4.60. The van der Waals surface area contributed by atoms with Gasteiger partial charge in [0.05, 0.1) is 23.4 Å². The van der Waals surface area contributed by atoms with E-state index in [1.54, 1.807) is 13.8 Å². The lowest BCUT2D eigenvalue weighted by atomic mass is 10.1. The number of carbonyl (C=O) groups is 2. The lowest BCUT2D eigenvalue weighted by Crippen LogP contribution is -2.09. The standard InChI is InChI=1S/C13H17O7P/c1-3-8(2)20-21(18,19)7-10-6-9(12(14)15)4-5-11(10)13(16)17/h4-6,8H,3,7H2,1-2H3,(H,14,15)(H,16,17)(H,18,19). The molecule has 21 heavy (non-hydrogen) atoms.